The Bertz CT molecular complexity index is 1120. The Morgan fingerprint density at radius 2 is 1.69 bits per heavy atom. The molecule has 3 aliphatic rings. The number of carboxylic acid groups (broad SMARTS) is 1. The number of methoxy groups -OCH3 is 1. The summed E-state index contributed by atoms with van der Waals surface area (Å²) in [4.78, 5) is 39.3. The highest BCUT2D eigenvalue weighted by Gasteiger charge is 2.58. The van der Waals surface area contributed by atoms with Crippen LogP contribution < -0.4 is 5.32 Å². The first-order chi connectivity index (χ1) is 16.8. The third-order valence-electron chi connectivity index (χ3n) is 7.69. The third-order valence-corrected chi connectivity index (χ3v) is 7.69. The molecule has 2 fully saturated rings. The SMILES string of the molecule is COCC(C)(NC(=O)OCC1c2ccccc2-c2ccccc21)C(=O)N1CCC2C(C1)C2C(=O)O. The highest BCUT2D eigenvalue weighted by molar-refractivity contribution is 5.90. The highest BCUT2D eigenvalue weighted by Crippen LogP contribution is 2.52. The molecule has 0 radical (unpaired) electrons. The minimum atomic E-state index is -1.32. The van der Waals surface area contributed by atoms with Crippen molar-refractivity contribution >= 4 is 18.0 Å². The number of hydrogen-bond donors (Lipinski definition) is 2. The molecular formula is C27H30N2O6. The van der Waals surface area contributed by atoms with Gasteiger partial charge in [-0.2, -0.15) is 0 Å². The number of rotatable bonds is 7. The van der Waals surface area contributed by atoms with E-state index in [0.29, 0.717) is 19.5 Å². The molecule has 0 spiro atoms. The van der Waals surface area contributed by atoms with Crippen molar-refractivity contribution in [3.05, 3.63) is 59.7 Å². The average Bonchev–Trinajstić information content (AvgIpc) is 3.49. The smallest absolute Gasteiger partial charge is 0.408 e. The van der Waals surface area contributed by atoms with Crippen LogP contribution in [0.5, 0.6) is 0 Å². The van der Waals surface area contributed by atoms with E-state index < -0.39 is 17.6 Å². The maximum atomic E-state index is 13.4. The largest absolute Gasteiger partial charge is 0.481 e. The van der Waals surface area contributed by atoms with E-state index in [1.807, 2.05) is 36.4 Å². The van der Waals surface area contributed by atoms with Gasteiger partial charge < -0.3 is 24.8 Å². The van der Waals surface area contributed by atoms with Crippen LogP contribution in [0.15, 0.2) is 48.5 Å². The zero-order valence-electron chi connectivity index (χ0n) is 19.9. The molecule has 0 bridgehead atoms. The zero-order valence-corrected chi connectivity index (χ0v) is 19.9. The average molecular weight is 479 g/mol. The van der Waals surface area contributed by atoms with Crippen molar-refractivity contribution in [1.82, 2.24) is 10.2 Å². The Labute approximate surface area is 204 Å². The van der Waals surface area contributed by atoms with Gasteiger partial charge in [0, 0.05) is 26.1 Å². The van der Waals surface area contributed by atoms with E-state index in [9.17, 15) is 19.5 Å². The van der Waals surface area contributed by atoms with E-state index in [1.54, 1.807) is 11.8 Å². The van der Waals surface area contributed by atoms with Crippen molar-refractivity contribution in [3.8, 4) is 11.1 Å². The molecule has 2 N–H and O–H groups in total. The van der Waals surface area contributed by atoms with Crippen LogP contribution in [0.1, 0.15) is 30.4 Å². The number of nitrogens with one attached hydrogen (secondary N) is 1. The molecule has 184 valence electrons. The van der Waals surface area contributed by atoms with Gasteiger partial charge in [-0.15, -0.1) is 0 Å². The van der Waals surface area contributed by atoms with Crippen molar-refractivity contribution in [2.24, 2.45) is 17.8 Å². The lowest BCUT2D eigenvalue weighted by Crippen LogP contribution is -2.61. The van der Waals surface area contributed by atoms with Gasteiger partial charge in [-0.3, -0.25) is 9.59 Å². The number of carboxylic acids is 1. The minimum Gasteiger partial charge on any atom is -0.481 e. The van der Waals surface area contributed by atoms with Crippen molar-refractivity contribution in [2.75, 3.05) is 33.4 Å². The van der Waals surface area contributed by atoms with Gasteiger partial charge in [0.1, 0.15) is 12.1 Å². The number of piperidine rings is 1. The number of alkyl carbamates (subject to hydrolysis) is 1. The summed E-state index contributed by atoms with van der Waals surface area (Å²) in [5.74, 6) is -1.43. The number of amides is 2. The van der Waals surface area contributed by atoms with Crippen LogP contribution in [0.4, 0.5) is 4.79 Å². The fourth-order valence-corrected chi connectivity index (χ4v) is 5.94. The van der Waals surface area contributed by atoms with Crippen LogP contribution in [-0.2, 0) is 19.1 Å². The molecule has 2 aliphatic carbocycles. The van der Waals surface area contributed by atoms with Crippen LogP contribution in [0.2, 0.25) is 0 Å². The topological polar surface area (TPSA) is 105 Å². The predicted molar refractivity (Wildman–Crippen MR) is 128 cm³/mol. The Morgan fingerprint density at radius 3 is 2.29 bits per heavy atom. The number of fused-ring (bicyclic) bond motifs is 4. The summed E-state index contributed by atoms with van der Waals surface area (Å²) in [7, 11) is 1.47. The fourth-order valence-electron chi connectivity index (χ4n) is 5.94. The van der Waals surface area contributed by atoms with Gasteiger partial charge in [0.15, 0.2) is 0 Å². The number of aliphatic carboxylic acids is 1. The molecule has 1 heterocycles. The second kappa shape index (κ2) is 9.00. The Balaban J connectivity index is 1.25. The van der Waals surface area contributed by atoms with Crippen LogP contribution in [0.25, 0.3) is 11.1 Å². The lowest BCUT2D eigenvalue weighted by molar-refractivity contribution is -0.141. The quantitative estimate of drug-likeness (QED) is 0.634. The monoisotopic (exact) mass is 478 g/mol. The van der Waals surface area contributed by atoms with Gasteiger partial charge in [0.05, 0.1) is 12.5 Å². The summed E-state index contributed by atoms with van der Waals surface area (Å²) in [6, 6.07) is 16.2. The summed E-state index contributed by atoms with van der Waals surface area (Å²) in [5.41, 5.74) is 3.17. The van der Waals surface area contributed by atoms with Crippen LogP contribution in [0, 0.1) is 17.8 Å². The van der Waals surface area contributed by atoms with Crippen molar-refractivity contribution in [3.63, 3.8) is 0 Å². The summed E-state index contributed by atoms with van der Waals surface area (Å²) in [6.07, 6.45) is -0.0361. The van der Waals surface area contributed by atoms with Gasteiger partial charge in [-0.25, -0.2) is 4.79 Å². The number of ether oxygens (including phenoxy) is 2. The Morgan fingerprint density at radius 1 is 1.06 bits per heavy atom. The van der Waals surface area contributed by atoms with Crippen molar-refractivity contribution in [2.45, 2.75) is 24.8 Å². The molecule has 2 amide bonds. The molecule has 8 heteroatoms. The molecule has 4 unspecified atom stereocenters. The van der Waals surface area contributed by atoms with E-state index in [-0.39, 0.29) is 42.8 Å². The summed E-state index contributed by atoms with van der Waals surface area (Å²) < 4.78 is 10.9. The van der Waals surface area contributed by atoms with Gasteiger partial charge in [-0.05, 0) is 47.4 Å². The molecule has 4 atom stereocenters. The van der Waals surface area contributed by atoms with E-state index >= 15 is 0 Å². The van der Waals surface area contributed by atoms with Crippen LogP contribution in [-0.4, -0.2) is 66.9 Å². The molecule has 1 saturated heterocycles. The van der Waals surface area contributed by atoms with E-state index in [0.717, 1.165) is 22.3 Å². The van der Waals surface area contributed by atoms with Gasteiger partial charge in [-0.1, -0.05) is 48.5 Å². The molecule has 2 aromatic rings. The van der Waals surface area contributed by atoms with Crippen molar-refractivity contribution < 1.29 is 29.0 Å². The first-order valence-electron chi connectivity index (χ1n) is 12.0. The fraction of sp³-hybridized carbons (Fsp3) is 0.444. The number of carbonyl (C=O) groups excluding carboxylic acids is 2. The molecule has 5 rings (SSSR count). The van der Waals surface area contributed by atoms with Crippen molar-refractivity contribution in [1.29, 1.82) is 0 Å². The molecule has 8 nitrogen and oxygen atoms in total. The first-order valence-corrected chi connectivity index (χ1v) is 12.0. The van der Waals surface area contributed by atoms with Gasteiger partial charge >= 0.3 is 12.1 Å². The van der Waals surface area contributed by atoms with Crippen LogP contribution in [0.3, 0.4) is 0 Å². The minimum absolute atomic E-state index is 0.0218. The Kier molecular flexibility index (Phi) is 6.01. The number of likely N-dealkylation sites (tertiary alicyclic amines) is 1. The number of carbonyl (C=O) groups is 3. The van der Waals surface area contributed by atoms with Gasteiger partial charge in [0.2, 0.25) is 0 Å². The summed E-state index contributed by atoms with van der Waals surface area (Å²) in [5, 5.41) is 12.1. The lowest BCUT2D eigenvalue weighted by atomic mass is 9.98. The summed E-state index contributed by atoms with van der Waals surface area (Å²) >= 11 is 0. The molecular weight excluding hydrogens is 448 g/mol. The molecule has 1 aliphatic heterocycles. The van der Waals surface area contributed by atoms with Gasteiger partial charge in [0.25, 0.3) is 5.91 Å². The highest BCUT2D eigenvalue weighted by atomic mass is 16.5. The normalized spacial score (nSPS) is 23.9. The third kappa shape index (κ3) is 4.16. The number of hydrogen-bond acceptors (Lipinski definition) is 5. The van der Waals surface area contributed by atoms with E-state index in [2.05, 4.69) is 17.4 Å². The molecule has 1 saturated carbocycles. The number of benzene rings is 2. The maximum absolute atomic E-state index is 13.4. The molecule has 2 aromatic carbocycles. The maximum Gasteiger partial charge on any atom is 0.408 e. The van der Waals surface area contributed by atoms with Crippen LogP contribution >= 0.6 is 0 Å². The zero-order chi connectivity index (χ0) is 24.7. The Hall–Kier alpha value is -3.39. The first kappa shape index (κ1) is 23.4. The molecule has 0 aromatic heterocycles. The van der Waals surface area contributed by atoms with E-state index in [4.69, 9.17) is 9.47 Å². The predicted octanol–water partition coefficient (Wildman–Crippen LogP) is 3.11. The molecule has 35 heavy (non-hydrogen) atoms. The number of nitrogens with zero attached hydrogens (tertiary/aromatic N) is 1. The second-order valence-electron chi connectivity index (χ2n) is 9.95. The lowest BCUT2D eigenvalue weighted by Gasteiger charge is -2.36. The standard InChI is InChI=1S/C27H30N2O6/c1-27(15-34-2,25(32)29-12-11-20-21(13-29)23(20)24(30)31)28-26(33)35-14-22-18-9-5-3-7-16(18)17-8-4-6-10-19(17)22/h3-10,20-23H,11-15H2,1-2H3,(H,28,33)(H,30,31). The second-order valence-corrected chi connectivity index (χ2v) is 9.95. The van der Waals surface area contributed by atoms with E-state index in [1.165, 1.54) is 7.11 Å². The summed E-state index contributed by atoms with van der Waals surface area (Å²) in [6.45, 7) is 2.59.